The maximum atomic E-state index is 13.2. The van der Waals surface area contributed by atoms with E-state index >= 15 is 0 Å². The highest BCUT2D eigenvalue weighted by Crippen LogP contribution is 2.25. The van der Waals surface area contributed by atoms with E-state index in [1.165, 1.54) is 0 Å². The third-order valence-electron chi connectivity index (χ3n) is 5.72. The zero-order chi connectivity index (χ0) is 27.7. The summed E-state index contributed by atoms with van der Waals surface area (Å²) >= 11 is 0. The maximum Gasteiger partial charge on any atom is 0.435 e. The summed E-state index contributed by atoms with van der Waals surface area (Å²) in [5.74, 6) is -0.901. The van der Waals surface area contributed by atoms with Gasteiger partial charge in [-0.1, -0.05) is 45.0 Å². The number of hydrogen-bond acceptors (Lipinski definition) is 6. The van der Waals surface area contributed by atoms with Gasteiger partial charge in [-0.3, -0.25) is 4.79 Å². The first-order valence-electron chi connectivity index (χ1n) is 12.3. The number of benzene rings is 3. The smallest absolute Gasteiger partial charge is 0.435 e. The SMILES string of the molecule is CC(C)(C)OC(=O)n1ncc2ccc(NC(=O)c3ccccc3OC(=O)c3ccc(C(C)(C)C)cc3)cc21. The molecule has 0 atom stereocenters. The van der Waals surface area contributed by atoms with Gasteiger partial charge in [-0.05, 0) is 74.2 Å². The molecule has 0 spiro atoms. The first-order chi connectivity index (χ1) is 17.8. The highest BCUT2D eigenvalue weighted by molar-refractivity contribution is 6.07. The second kappa shape index (κ2) is 10.1. The number of fused-ring (bicyclic) bond motifs is 1. The highest BCUT2D eigenvalue weighted by Gasteiger charge is 2.21. The number of nitrogens with one attached hydrogen (secondary N) is 1. The fraction of sp³-hybridized carbons (Fsp3) is 0.267. The Kier molecular flexibility index (Phi) is 7.09. The normalized spacial score (nSPS) is 11.7. The maximum absolute atomic E-state index is 13.2. The van der Waals surface area contributed by atoms with Crippen LogP contribution in [0.3, 0.4) is 0 Å². The molecule has 0 saturated carbocycles. The molecule has 4 aromatic rings. The van der Waals surface area contributed by atoms with Crippen molar-refractivity contribution in [1.29, 1.82) is 0 Å². The van der Waals surface area contributed by atoms with E-state index in [0.717, 1.165) is 10.2 Å². The zero-order valence-corrected chi connectivity index (χ0v) is 22.4. The molecule has 1 heterocycles. The minimum absolute atomic E-state index is 0.0409. The van der Waals surface area contributed by atoms with E-state index in [1.807, 2.05) is 12.1 Å². The fourth-order valence-electron chi connectivity index (χ4n) is 3.75. The third-order valence-corrected chi connectivity index (χ3v) is 5.72. The number of anilines is 1. The number of esters is 1. The van der Waals surface area contributed by atoms with Gasteiger partial charge >= 0.3 is 12.1 Å². The molecular formula is C30H31N3O5. The summed E-state index contributed by atoms with van der Waals surface area (Å²) in [7, 11) is 0. The topological polar surface area (TPSA) is 99.5 Å². The van der Waals surface area contributed by atoms with Crippen LogP contribution in [-0.4, -0.2) is 33.4 Å². The van der Waals surface area contributed by atoms with Gasteiger partial charge in [-0.15, -0.1) is 0 Å². The molecule has 0 aliphatic carbocycles. The molecule has 0 aliphatic rings. The van der Waals surface area contributed by atoms with E-state index in [2.05, 4.69) is 31.2 Å². The summed E-state index contributed by atoms with van der Waals surface area (Å²) in [4.78, 5) is 38.6. The minimum Gasteiger partial charge on any atom is -0.442 e. The molecule has 0 unspecified atom stereocenters. The van der Waals surface area contributed by atoms with Crippen LogP contribution >= 0.6 is 0 Å². The van der Waals surface area contributed by atoms with Crippen molar-refractivity contribution in [2.45, 2.75) is 52.6 Å². The number of rotatable bonds is 4. The summed E-state index contributed by atoms with van der Waals surface area (Å²) in [5.41, 5.74) is 1.86. The number of carbonyl (C=O) groups is 3. The number of para-hydroxylation sites is 1. The molecule has 8 nitrogen and oxygen atoms in total. The van der Waals surface area contributed by atoms with Gasteiger partial charge in [0.05, 0.1) is 22.8 Å². The predicted molar refractivity (Wildman–Crippen MR) is 146 cm³/mol. The highest BCUT2D eigenvalue weighted by atomic mass is 16.6. The van der Waals surface area contributed by atoms with Gasteiger partial charge < -0.3 is 14.8 Å². The number of amides is 1. The van der Waals surface area contributed by atoms with Crippen LogP contribution in [0.1, 0.15) is 67.8 Å². The zero-order valence-electron chi connectivity index (χ0n) is 22.4. The van der Waals surface area contributed by atoms with Crippen LogP contribution in [0.2, 0.25) is 0 Å². The Balaban J connectivity index is 1.53. The summed E-state index contributed by atoms with van der Waals surface area (Å²) in [6.07, 6.45) is 0.928. The summed E-state index contributed by atoms with van der Waals surface area (Å²) < 4.78 is 12.2. The van der Waals surface area contributed by atoms with Crippen molar-refractivity contribution in [3.05, 3.63) is 89.6 Å². The van der Waals surface area contributed by atoms with Crippen LogP contribution in [0.5, 0.6) is 5.75 Å². The average Bonchev–Trinajstić information content (AvgIpc) is 3.26. The van der Waals surface area contributed by atoms with E-state index < -0.39 is 23.6 Å². The molecule has 196 valence electrons. The van der Waals surface area contributed by atoms with Gasteiger partial charge in [0.25, 0.3) is 5.91 Å². The predicted octanol–water partition coefficient (Wildman–Crippen LogP) is 6.59. The van der Waals surface area contributed by atoms with Gasteiger partial charge in [-0.2, -0.15) is 9.78 Å². The summed E-state index contributed by atoms with van der Waals surface area (Å²) in [6.45, 7) is 11.6. The van der Waals surface area contributed by atoms with Crippen molar-refractivity contribution in [2.75, 3.05) is 5.32 Å². The largest absolute Gasteiger partial charge is 0.442 e. The number of carbonyl (C=O) groups excluding carboxylic acids is 3. The van der Waals surface area contributed by atoms with Crippen molar-refractivity contribution in [1.82, 2.24) is 9.78 Å². The molecule has 0 bridgehead atoms. The van der Waals surface area contributed by atoms with Crippen LogP contribution in [-0.2, 0) is 10.2 Å². The first-order valence-corrected chi connectivity index (χ1v) is 12.3. The second-order valence-corrected chi connectivity index (χ2v) is 11.0. The lowest BCUT2D eigenvalue weighted by Crippen LogP contribution is -2.27. The van der Waals surface area contributed by atoms with E-state index in [1.54, 1.807) is 81.6 Å². The average molecular weight is 514 g/mol. The van der Waals surface area contributed by atoms with Gasteiger partial charge in [0.1, 0.15) is 11.4 Å². The van der Waals surface area contributed by atoms with E-state index in [-0.39, 0.29) is 16.7 Å². The van der Waals surface area contributed by atoms with Gasteiger partial charge in [0.15, 0.2) is 0 Å². The van der Waals surface area contributed by atoms with Gasteiger partial charge in [0.2, 0.25) is 0 Å². The monoisotopic (exact) mass is 513 g/mol. The summed E-state index contributed by atoms with van der Waals surface area (Å²) in [6, 6.07) is 18.8. The van der Waals surface area contributed by atoms with E-state index in [9.17, 15) is 14.4 Å². The number of ether oxygens (including phenoxy) is 2. The van der Waals surface area contributed by atoms with Crippen LogP contribution < -0.4 is 10.1 Å². The number of nitrogens with zero attached hydrogens (tertiary/aromatic N) is 2. The molecule has 1 amide bonds. The molecule has 1 aromatic heterocycles. The molecule has 0 saturated heterocycles. The Morgan fingerprint density at radius 3 is 2.21 bits per heavy atom. The van der Waals surface area contributed by atoms with Gasteiger partial charge in [-0.25, -0.2) is 9.59 Å². The Morgan fingerprint density at radius 1 is 0.868 bits per heavy atom. The molecule has 3 aromatic carbocycles. The van der Waals surface area contributed by atoms with Crippen LogP contribution in [0.15, 0.2) is 72.9 Å². The van der Waals surface area contributed by atoms with Crippen LogP contribution in [0.25, 0.3) is 10.9 Å². The Labute approximate surface area is 221 Å². The Bertz CT molecular complexity index is 1510. The Hall–Kier alpha value is -4.46. The quantitative estimate of drug-likeness (QED) is 0.244. The second-order valence-electron chi connectivity index (χ2n) is 11.0. The fourth-order valence-corrected chi connectivity index (χ4v) is 3.75. The molecule has 0 radical (unpaired) electrons. The first kappa shape index (κ1) is 26.6. The van der Waals surface area contributed by atoms with Crippen molar-refractivity contribution in [3.8, 4) is 5.75 Å². The number of hydrogen-bond donors (Lipinski definition) is 1. The lowest BCUT2D eigenvalue weighted by Gasteiger charge is -2.19. The molecule has 8 heteroatoms. The molecule has 4 rings (SSSR count). The van der Waals surface area contributed by atoms with Crippen molar-refractivity contribution in [2.24, 2.45) is 0 Å². The lowest BCUT2D eigenvalue weighted by molar-refractivity contribution is 0.0522. The standard InChI is InChI=1S/C30H31N3O5/c1-29(2,3)21-14-11-19(12-15-21)27(35)37-25-10-8-7-9-23(25)26(34)32-22-16-13-20-18-31-33(24(20)17-22)28(36)38-30(4,5)6/h7-18H,1-6H3,(H,32,34). The molecule has 0 aliphatic heterocycles. The van der Waals surface area contributed by atoms with E-state index in [4.69, 9.17) is 9.47 Å². The summed E-state index contributed by atoms with van der Waals surface area (Å²) in [5, 5.41) is 7.64. The van der Waals surface area contributed by atoms with Crippen molar-refractivity contribution in [3.63, 3.8) is 0 Å². The number of aromatic nitrogens is 2. The minimum atomic E-state index is -0.684. The lowest BCUT2D eigenvalue weighted by atomic mass is 9.87. The Morgan fingerprint density at radius 2 is 1.55 bits per heavy atom. The molecule has 38 heavy (non-hydrogen) atoms. The molecular weight excluding hydrogens is 482 g/mol. The van der Waals surface area contributed by atoms with E-state index in [0.29, 0.717) is 22.2 Å². The van der Waals surface area contributed by atoms with Crippen LogP contribution in [0, 0.1) is 0 Å². The van der Waals surface area contributed by atoms with Gasteiger partial charge in [0, 0.05) is 11.1 Å². The third kappa shape index (κ3) is 6.08. The van der Waals surface area contributed by atoms with Crippen molar-refractivity contribution < 1.29 is 23.9 Å². The van der Waals surface area contributed by atoms with Crippen LogP contribution in [0.4, 0.5) is 10.5 Å². The van der Waals surface area contributed by atoms with Crippen molar-refractivity contribution >= 4 is 34.6 Å². The molecule has 0 fully saturated rings. The molecule has 1 N–H and O–H groups in total.